The molecule has 0 fully saturated rings. The van der Waals surface area contributed by atoms with Crippen LogP contribution in [0.5, 0.6) is 0 Å². The van der Waals surface area contributed by atoms with E-state index in [-0.39, 0.29) is 10.5 Å². The standard InChI is InChI=1S/C23H19F4NO5S2/c1-14-7-12-20(21(13-14)35(32,33)19-6-4-3-5-18(19)24)34(30,31)17-10-8-16(9-11-17)15(2)28-22(29)23(25,26)27/h3-13,15H,1-2H3,(H,28,29). The molecule has 35 heavy (non-hydrogen) atoms. The Labute approximate surface area is 199 Å². The normalized spacial score (nSPS) is 13.3. The lowest BCUT2D eigenvalue weighted by molar-refractivity contribution is -0.174. The second-order valence-electron chi connectivity index (χ2n) is 7.65. The molecule has 0 bridgehead atoms. The minimum atomic E-state index is -5.08. The zero-order valence-electron chi connectivity index (χ0n) is 18.3. The number of carbonyl (C=O) groups is 1. The highest BCUT2D eigenvalue weighted by molar-refractivity contribution is 7.94. The lowest BCUT2D eigenvalue weighted by atomic mass is 10.1. The van der Waals surface area contributed by atoms with E-state index in [9.17, 15) is 39.2 Å². The number of halogens is 4. The molecule has 0 heterocycles. The Kier molecular flexibility index (Phi) is 7.09. The predicted octanol–water partition coefficient (Wildman–Crippen LogP) is 4.54. The molecule has 1 atom stereocenters. The third kappa shape index (κ3) is 5.38. The highest BCUT2D eigenvalue weighted by Gasteiger charge is 2.39. The summed E-state index contributed by atoms with van der Waals surface area (Å²) in [4.78, 5) is 8.91. The number of alkyl halides is 3. The van der Waals surface area contributed by atoms with Crippen molar-refractivity contribution in [3.63, 3.8) is 0 Å². The summed E-state index contributed by atoms with van der Waals surface area (Å²) in [5.74, 6) is -3.19. The lowest BCUT2D eigenvalue weighted by Crippen LogP contribution is -2.38. The molecule has 0 spiro atoms. The van der Waals surface area contributed by atoms with Gasteiger partial charge in [-0.3, -0.25) is 4.79 Å². The summed E-state index contributed by atoms with van der Waals surface area (Å²) in [6, 6.07) is 11.6. The van der Waals surface area contributed by atoms with E-state index >= 15 is 0 Å². The molecule has 1 unspecified atom stereocenters. The van der Waals surface area contributed by atoms with Crippen molar-refractivity contribution in [1.82, 2.24) is 5.32 Å². The second-order valence-corrected chi connectivity index (χ2v) is 11.5. The van der Waals surface area contributed by atoms with Crippen molar-refractivity contribution in [1.29, 1.82) is 0 Å². The van der Waals surface area contributed by atoms with Crippen LogP contribution in [-0.4, -0.2) is 28.9 Å². The number of nitrogens with one attached hydrogen (secondary N) is 1. The second kappa shape index (κ2) is 9.42. The van der Waals surface area contributed by atoms with Crippen LogP contribution in [0, 0.1) is 12.7 Å². The fourth-order valence-corrected chi connectivity index (χ4v) is 6.72. The summed E-state index contributed by atoms with van der Waals surface area (Å²) in [5, 5.41) is 1.76. The number of rotatable bonds is 6. The fourth-order valence-electron chi connectivity index (χ4n) is 3.25. The predicted molar refractivity (Wildman–Crippen MR) is 118 cm³/mol. The van der Waals surface area contributed by atoms with Crippen LogP contribution in [0.15, 0.2) is 86.3 Å². The minimum Gasteiger partial charge on any atom is -0.342 e. The molecule has 0 saturated heterocycles. The van der Waals surface area contributed by atoms with Gasteiger partial charge in [0.25, 0.3) is 0 Å². The molecular formula is C23H19F4NO5S2. The van der Waals surface area contributed by atoms with Gasteiger partial charge in [0, 0.05) is 0 Å². The molecule has 3 rings (SSSR count). The molecule has 12 heteroatoms. The number of benzene rings is 3. The van der Waals surface area contributed by atoms with Gasteiger partial charge >= 0.3 is 12.1 Å². The minimum absolute atomic E-state index is 0.185. The zero-order chi connectivity index (χ0) is 26.2. The molecule has 6 nitrogen and oxygen atoms in total. The molecule has 0 radical (unpaired) electrons. The van der Waals surface area contributed by atoms with Crippen LogP contribution in [0.4, 0.5) is 17.6 Å². The maximum absolute atomic E-state index is 14.3. The van der Waals surface area contributed by atoms with Crippen LogP contribution in [0.25, 0.3) is 0 Å². The van der Waals surface area contributed by atoms with Crippen molar-refractivity contribution in [3.05, 3.63) is 83.7 Å². The molecular weight excluding hydrogens is 510 g/mol. The first-order valence-electron chi connectivity index (χ1n) is 9.98. The molecule has 0 aliphatic heterocycles. The Hall–Kier alpha value is -3.25. The van der Waals surface area contributed by atoms with Crippen molar-refractivity contribution >= 4 is 25.6 Å². The largest absolute Gasteiger partial charge is 0.471 e. The van der Waals surface area contributed by atoms with E-state index in [1.54, 1.807) is 12.2 Å². The maximum Gasteiger partial charge on any atom is 0.471 e. The van der Waals surface area contributed by atoms with Gasteiger partial charge in [0.1, 0.15) is 10.7 Å². The van der Waals surface area contributed by atoms with Gasteiger partial charge in [-0.1, -0.05) is 30.3 Å². The van der Waals surface area contributed by atoms with Crippen LogP contribution >= 0.6 is 0 Å². The van der Waals surface area contributed by atoms with E-state index in [0.29, 0.717) is 5.56 Å². The molecule has 1 N–H and O–H groups in total. The van der Waals surface area contributed by atoms with Crippen molar-refractivity contribution < 1.29 is 39.2 Å². The Balaban J connectivity index is 2.04. The average Bonchev–Trinajstić information content (AvgIpc) is 2.78. The lowest BCUT2D eigenvalue weighted by Gasteiger charge is -2.16. The van der Waals surface area contributed by atoms with Crippen molar-refractivity contribution in [3.8, 4) is 0 Å². The van der Waals surface area contributed by atoms with Gasteiger partial charge in [0.2, 0.25) is 19.7 Å². The Bertz CT molecular complexity index is 1480. The van der Waals surface area contributed by atoms with Crippen LogP contribution in [0.1, 0.15) is 24.1 Å². The van der Waals surface area contributed by atoms with Gasteiger partial charge in [-0.2, -0.15) is 13.2 Å². The molecule has 186 valence electrons. The van der Waals surface area contributed by atoms with Gasteiger partial charge in [0.05, 0.1) is 20.7 Å². The third-order valence-electron chi connectivity index (χ3n) is 5.10. The molecule has 3 aromatic carbocycles. The van der Waals surface area contributed by atoms with E-state index in [0.717, 1.165) is 36.4 Å². The first kappa shape index (κ1) is 26.4. The van der Waals surface area contributed by atoms with Gasteiger partial charge in [-0.15, -0.1) is 0 Å². The van der Waals surface area contributed by atoms with E-state index in [1.807, 2.05) is 0 Å². The number of hydrogen-bond acceptors (Lipinski definition) is 5. The van der Waals surface area contributed by atoms with Crippen LogP contribution in [0.2, 0.25) is 0 Å². The quantitative estimate of drug-likeness (QED) is 0.473. The SMILES string of the molecule is Cc1ccc(S(=O)(=O)c2ccc(C(C)NC(=O)C(F)(F)F)cc2)c(S(=O)(=O)c2ccccc2F)c1. The summed E-state index contributed by atoms with van der Waals surface area (Å²) in [6.45, 7) is 2.83. The summed E-state index contributed by atoms with van der Waals surface area (Å²) in [5.41, 5.74) is 0.605. The van der Waals surface area contributed by atoms with E-state index in [4.69, 9.17) is 0 Å². The summed E-state index contributed by atoms with van der Waals surface area (Å²) >= 11 is 0. The Morgan fingerprint density at radius 3 is 2.00 bits per heavy atom. The average molecular weight is 530 g/mol. The highest BCUT2D eigenvalue weighted by atomic mass is 32.2. The topological polar surface area (TPSA) is 97.4 Å². The van der Waals surface area contributed by atoms with Crippen LogP contribution < -0.4 is 5.32 Å². The molecule has 0 saturated carbocycles. The van der Waals surface area contributed by atoms with E-state index in [2.05, 4.69) is 0 Å². The van der Waals surface area contributed by atoms with Crippen molar-refractivity contribution in [2.45, 2.75) is 45.6 Å². The number of amides is 1. The Morgan fingerprint density at radius 1 is 0.829 bits per heavy atom. The number of carbonyl (C=O) groups excluding carboxylic acids is 1. The highest BCUT2D eigenvalue weighted by Crippen LogP contribution is 2.33. The molecule has 0 aliphatic rings. The maximum atomic E-state index is 14.3. The van der Waals surface area contributed by atoms with Gasteiger partial charge < -0.3 is 5.32 Å². The van der Waals surface area contributed by atoms with Gasteiger partial charge in [-0.25, -0.2) is 21.2 Å². The van der Waals surface area contributed by atoms with E-state index < -0.39 is 58.3 Å². The number of aryl methyl sites for hydroxylation is 1. The molecule has 1 amide bonds. The summed E-state index contributed by atoms with van der Waals surface area (Å²) < 4.78 is 105. The molecule has 3 aromatic rings. The summed E-state index contributed by atoms with van der Waals surface area (Å²) in [6.07, 6.45) is -5.08. The zero-order valence-corrected chi connectivity index (χ0v) is 19.9. The fraction of sp³-hybridized carbons (Fsp3) is 0.174. The first-order valence-corrected chi connectivity index (χ1v) is 13.0. The molecule has 0 aliphatic carbocycles. The number of sulfone groups is 2. The van der Waals surface area contributed by atoms with Crippen LogP contribution in [0.3, 0.4) is 0 Å². The smallest absolute Gasteiger partial charge is 0.342 e. The first-order chi connectivity index (χ1) is 16.2. The Morgan fingerprint density at radius 2 is 1.43 bits per heavy atom. The summed E-state index contributed by atoms with van der Waals surface area (Å²) in [7, 11) is -9.02. The molecule has 0 aromatic heterocycles. The van der Waals surface area contributed by atoms with Gasteiger partial charge in [-0.05, 0) is 61.4 Å². The van der Waals surface area contributed by atoms with Crippen LogP contribution in [-0.2, 0) is 24.5 Å². The third-order valence-corrected chi connectivity index (χ3v) is 8.88. The van der Waals surface area contributed by atoms with E-state index in [1.165, 1.54) is 37.3 Å². The van der Waals surface area contributed by atoms with Crippen molar-refractivity contribution in [2.24, 2.45) is 0 Å². The van der Waals surface area contributed by atoms with Crippen molar-refractivity contribution in [2.75, 3.05) is 0 Å². The van der Waals surface area contributed by atoms with Gasteiger partial charge in [0.15, 0.2) is 0 Å². The monoisotopic (exact) mass is 529 g/mol. The number of hydrogen-bond donors (Lipinski definition) is 1.